The fourth-order valence-corrected chi connectivity index (χ4v) is 5.74. The van der Waals surface area contributed by atoms with Crippen LogP contribution < -0.4 is 4.74 Å². The van der Waals surface area contributed by atoms with Crippen molar-refractivity contribution in [3.63, 3.8) is 0 Å². The van der Waals surface area contributed by atoms with E-state index in [2.05, 4.69) is 23.2 Å². The Labute approximate surface area is 204 Å². The van der Waals surface area contributed by atoms with E-state index in [9.17, 15) is 9.59 Å². The van der Waals surface area contributed by atoms with E-state index in [0.29, 0.717) is 13.1 Å². The molecule has 6 heteroatoms. The van der Waals surface area contributed by atoms with Gasteiger partial charge in [-0.25, -0.2) is 0 Å². The van der Waals surface area contributed by atoms with Crippen LogP contribution in [-0.4, -0.2) is 46.8 Å². The predicted molar refractivity (Wildman–Crippen MR) is 134 cm³/mol. The van der Waals surface area contributed by atoms with Crippen molar-refractivity contribution in [2.24, 2.45) is 0 Å². The van der Waals surface area contributed by atoms with Crippen molar-refractivity contribution < 1.29 is 14.3 Å². The Morgan fingerprint density at radius 2 is 1.69 bits per heavy atom. The summed E-state index contributed by atoms with van der Waals surface area (Å²) >= 11 is 0. The Balaban J connectivity index is 1.50. The molecule has 3 aromatic carbocycles. The summed E-state index contributed by atoms with van der Waals surface area (Å²) in [5, 5.41) is 1.09. The second-order valence-electron chi connectivity index (χ2n) is 9.51. The van der Waals surface area contributed by atoms with Gasteiger partial charge in [0.2, 0.25) is 5.91 Å². The van der Waals surface area contributed by atoms with E-state index in [1.807, 2.05) is 67.6 Å². The summed E-state index contributed by atoms with van der Waals surface area (Å²) in [4.78, 5) is 34.7. The standard InChI is InChI=1S/C29H27N3O3/c1-29-27-26(22-10-6-7-11-24(22)30-27)23(20-12-14-21(35-2)15-13-20)17-32(29)25(33)18-31(28(29)34)16-19-8-4-3-5-9-19/h3-15,23,30H,16-18H2,1-2H3/t23?,29-/m0/s1. The number of hydrogen-bond acceptors (Lipinski definition) is 3. The van der Waals surface area contributed by atoms with Gasteiger partial charge in [-0.2, -0.15) is 0 Å². The van der Waals surface area contributed by atoms with Gasteiger partial charge in [-0.1, -0.05) is 60.7 Å². The minimum atomic E-state index is -1.10. The number of ether oxygens (including phenoxy) is 1. The highest BCUT2D eigenvalue weighted by Gasteiger charge is 2.56. The molecule has 2 aliphatic heterocycles. The normalized spacial score (nSPS) is 21.7. The molecule has 2 atom stereocenters. The Kier molecular flexibility index (Phi) is 4.92. The first-order valence-electron chi connectivity index (χ1n) is 11.9. The first-order chi connectivity index (χ1) is 17.0. The molecular weight excluding hydrogens is 438 g/mol. The number of carbonyl (C=O) groups is 2. The number of benzene rings is 3. The lowest BCUT2D eigenvalue weighted by molar-refractivity contribution is -0.166. The molecule has 1 aromatic heterocycles. The first kappa shape index (κ1) is 21.5. The number of amides is 2. The Morgan fingerprint density at radius 3 is 2.43 bits per heavy atom. The number of methoxy groups -OCH3 is 1. The van der Waals surface area contributed by atoms with Crippen LogP contribution in [0.15, 0.2) is 78.9 Å². The molecule has 6 rings (SSSR count). The third kappa shape index (κ3) is 3.24. The summed E-state index contributed by atoms with van der Waals surface area (Å²) < 4.78 is 5.35. The zero-order valence-electron chi connectivity index (χ0n) is 19.8. The number of rotatable bonds is 4. The zero-order chi connectivity index (χ0) is 24.2. The van der Waals surface area contributed by atoms with Gasteiger partial charge in [0.25, 0.3) is 5.91 Å². The maximum atomic E-state index is 14.1. The van der Waals surface area contributed by atoms with Crippen molar-refractivity contribution in [3.8, 4) is 5.75 Å². The average Bonchev–Trinajstić information content (AvgIpc) is 3.29. The summed E-state index contributed by atoms with van der Waals surface area (Å²) in [6.07, 6.45) is 0. The maximum Gasteiger partial charge on any atom is 0.255 e. The van der Waals surface area contributed by atoms with Gasteiger partial charge in [0.05, 0.1) is 12.8 Å². The maximum absolute atomic E-state index is 14.1. The summed E-state index contributed by atoms with van der Waals surface area (Å²) in [6.45, 7) is 2.82. The molecule has 0 bridgehead atoms. The van der Waals surface area contributed by atoms with E-state index in [1.54, 1.807) is 16.9 Å². The van der Waals surface area contributed by atoms with Crippen LogP contribution in [-0.2, 0) is 21.7 Å². The molecule has 2 amide bonds. The van der Waals surface area contributed by atoms with Crippen molar-refractivity contribution >= 4 is 22.7 Å². The van der Waals surface area contributed by atoms with Gasteiger partial charge >= 0.3 is 0 Å². The lowest BCUT2D eigenvalue weighted by atomic mass is 9.76. The van der Waals surface area contributed by atoms with E-state index < -0.39 is 5.54 Å². The second kappa shape index (κ2) is 8.01. The number of fused-ring (bicyclic) bond motifs is 5. The molecule has 1 N–H and O–H groups in total. The molecule has 2 aliphatic rings. The molecule has 1 unspecified atom stereocenters. The van der Waals surface area contributed by atoms with E-state index in [-0.39, 0.29) is 24.3 Å². The predicted octanol–water partition coefficient (Wildman–Crippen LogP) is 4.41. The van der Waals surface area contributed by atoms with Crippen LogP contribution in [0.2, 0.25) is 0 Å². The van der Waals surface area contributed by atoms with E-state index in [4.69, 9.17) is 4.74 Å². The highest BCUT2D eigenvalue weighted by atomic mass is 16.5. The van der Waals surface area contributed by atoms with Crippen LogP contribution in [0.5, 0.6) is 5.75 Å². The van der Waals surface area contributed by atoms with Crippen molar-refractivity contribution in [2.75, 3.05) is 20.2 Å². The van der Waals surface area contributed by atoms with Crippen LogP contribution in [0.25, 0.3) is 10.9 Å². The van der Waals surface area contributed by atoms with Gasteiger partial charge in [0, 0.05) is 29.9 Å². The second-order valence-corrected chi connectivity index (χ2v) is 9.51. The van der Waals surface area contributed by atoms with Gasteiger partial charge in [-0.05, 0) is 41.8 Å². The largest absolute Gasteiger partial charge is 0.497 e. The van der Waals surface area contributed by atoms with Crippen molar-refractivity contribution in [2.45, 2.75) is 24.9 Å². The Hall–Kier alpha value is -4.06. The van der Waals surface area contributed by atoms with E-state index >= 15 is 0 Å². The summed E-state index contributed by atoms with van der Waals surface area (Å²) in [6, 6.07) is 26.0. The average molecular weight is 466 g/mol. The topological polar surface area (TPSA) is 65.6 Å². The lowest BCUT2D eigenvalue weighted by Gasteiger charge is -2.51. The smallest absolute Gasteiger partial charge is 0.255 e. The van der Waals surface area contributed by atoms with Gasteiger partial charge in [-0.3, -0.25) is 9.59 Å². The lowest BCUT2D eigenvalue weighted by Crippen LogP contribution is -2.67. The molecule has 0 saturated carbocycles. The van der Waals surface area contributed by atoms with Crippen LogP contribution >= 0.6 is 0 Å². The summed E-state index contributed by atoms with van der Waals surface area (Å²) in [5.41, 5.74) is 3.87. The van der Waals surface area contributed by atoms with E-state index in [0.717, 1.165) is 39.0 Å². The summed E-state index contributed by atoms with van der Waals surface area (Å²) in [7, 11) is 1.65. The third-order valence-corrected chi connectivity index (χ3v) is 7.55. The highest BCUT2D eigenvalue weighted by molar-refractivity contribution is 6.01. The SMILES string of the molecule is COc1ccc(C2CN3C(=O)CN(Cc4ccccc4)C(=O)[C@]3(C)c3[nH]c4ccccc4c32)cc1. The number of aromatic nitrogens is 1. The van der Waals surface area contributed by atoms with Crippen LogP contribution in [0.4, 0.5) is 0 Å². The molecule has 6 nitrogen and oxygen atoms in total. The summed E-state index contributed by atoms with van der Waals surface area (Å²) in [5.74, 6) is 0.639. The number of H-pyrrole nitrogens is 1. The first-order valence-corrected chi connectivity index (χ1v) is 11.9. The minimum absolute atomic E-state index is 0.0363. The van der Waals surface area contributed by atoms with Gasteiger partial charge in [0.1, 0.15) is 12.3 Å². The molecule has 3 heterocycles. The fourth-order valence-electron chi connectivity index (χ4n) is 5.74. The number of hydrogen-bond donors (Lipinski definition) is 1. The van der Waals surface area contributed by atoms with Crippen molar-refractivity contribution in [1.29, 1.82) is 0 Å². The molecule has 1 fully saturated rings. The third-order valence-electron chi connectivity index (χ3n) is 7.55. The zero-order valence-corrected chi connectivity index (χ0v) is 19.8. The molecule has 0 spiro atoms. The van der Waals surface area contributed by atoms with Gasteiger partial charge in [-0.15, -0.1) is 0 Å². The van der Waals surface area contributed by atoms with Crippen LogP contribution in [0, 0.1) is 0 Å². The molecule has 0 radical (unpaired) electrons. The highest BCUT2D eigenvalue weighted by Crippen LogP contribution is 2.48. The van der Waals surface area contributed by atoms with Gasteiger partial charge in [0.15, 0.2) is 5.54 Å². The monoisotopic (exact) mass is 465 g/mol. The molecule has 1 saturated heterocycles. The number of para-hydroxylation sites is 1. The minimum Gasteiger partial charge on any atom is -0.497 e. The molecule has 4 aromatic rings. The van der Waals surface area contributed by atoms with Crippen molar-refractivity contribution in [1.82, 2.24) is 14.8 Å². The van der Waals surface area contributed by atoms with Crippen LogP contribution in [0.3, 0.4) is 0 Å². The number of nitrogens with one attached hydrogen (secondary N) is 1. The molecule has 176 valence electrons. The van der Waals surface area contributed by atoms with Crippen LogP contribution in [0.1, 0.15) is 35.2 Å². The van der Waals surface area contributed by atoms with Gasteiger partial charge < -0.3 is 19.5 Å². The quantitative estimate of drug-likeness (QED) is 0.486. The molecular formula is C29H27N3O3. The number of piperazine rings is 1. The Bertz CT molecular complexity index is 1430. The number of carbonyl (C=O) groups excluding carboxylic acids is 2. The number of aromatic amines is 1. The van der Waals surface area contributed by atoms with E-state index in [1.165, 1.54) is 0 Å². The molecule has 35 heavy (non-hydrogen) atoms. The number of nitrogens with zero attached hydrogens (tertiary/aromatic N) is 2. The molecule has 0 aliphatic carbocycles. The Morgan fingerprint density at radius 1 is 0.971 bits per heavy atom. The fraction of sp³-hybridized carbons (Fsp3) is 0.241. The van der Waals surface area contributed by atoms with Crippen molar-refractivity contribution in [3.05, 3.63) is 101 Å².